The van der Waals surface area contributed by atoms with Crippen molar-refractivity contribution in [1.82, 2.24) is 24.4 Å². The van der Waals surface area contributed by atoms with E-state index in [4.69, 9.17) is 25.3 Å². The van der Waals surface area contributed by atoms with Gasteiger partial charge in [-0.2, -0.15) is 0 Å². The molecule has 1 fully saturated rings. The van der Waals surface area contributed by atoms with Crippen molar-refractivity contribution in [3.8, 4) is 11.5 Å². The highest BCUT2D eigenvalue weighted by Gasteiger charge is 2.25. The number of benzene rings is 2. The summed E-state index contributed by atoms with van der Waals surface area (Å²) in [6.45, 7) is 3.37. The summed E-state index contributed by atoms with van der Waals surface area (Å²) in [6, 6.07) is 10.8. The van der Waals surface area contributed by atoms with Crippen LogP contribution in [0.15, 0.2) is 57.7 Å². The predicted octanol–water partition coefficient (Wildman–Crippen LogP) is 3.45. The molecule has 204 valence electrons. The molecule has 0 amide bonds. The Kier molecular flexibility index (Phi) is 7.30. The number of nitrogens with zero attached hydrogens (tertiary/aromatic N) is 5. The second kappa shape index (κ2) is 10.7. The quantitative estimate of drug-likeness (QED) is 0.278. The summed E-state index contributed by atoms with van der Waals surface area (Å²) in [5, 5.41) is 6.12. The van der Waals surface area contributed by atoms with E-state index in [1.54, 1.807) is 23.9 Å². The average molecular weight is 680 g/mol. The number of hydrogen-bond donors (Lipinski definition) is 2. The number of aromatic nitrogens is 4. The van der Waals surface area contributed by atoms with E-state index >= 15 is 0 Å². The summed E-state index contributed by atoms with van der Waals surface area (Å²) in [6.07, 6.45) is 3.56. The molecule has 0 aliphatic carbocycles. The highest BCUT2D eigenvalue weighted by atomic mass is 127. The SMILES string of the molecule is Nc1ncnc2c1nc(Sc1cc3c(cc1I)OCO3)n2C[C@H]1CCCN(Cc2cccc(S(N)(=O)=O)c2)C1. The number of piperidine rings is 1. The molecule has 0 saturated carbocycles. The molecule has 0 spiro atoms. The van der Waals surface area contributed by atoms with Gasteiger partial charge >= 0.3 is 0 Å². The van der Waals surface area contributed by atoms with Crippen molar-refractivity contribution in [3.05, 3.63) is 51.9 Å². The summed E-state index contributed by atoms with van der Waals surface area (Å²) in [5.74, 6) is 2.14. The number of sulfonamides is 1. The molecule has 1 saturated heterocycles. The van der Waals surface area contributed by atoms with E-state index in [1.165, 1.54) is 12.4 Å². The number of hydrogen-bond acceptors (Lipinski definition) is 10. The number of ether oxygens (including phenoxy) is 2. The summed E-state index contributed by atoms with van der Waals surface area (Å²) in [4.78, 5) is 17.0. The third-order valence-corrected chi connectivity index (χ3v) is 10.1. The fourth-order valence-corrected chi connectivity index (χ4v) is 7.31. The molecule has 0 bridgehead atoms. The Morgan fingerprint density at radius 2 is 1.97 bits per heavy atom. The lowest BCUT2D eigenvalue weighted by atomic mass is 9.97. The number of anilines is 1. The van der Waals surface area contributed by atoms with Crippen molar-refractivity contribution in [2.75, 3.05) is 25.6 Å². The maximum atomic E-state index is 11.8. The van der Waals surface area contributed by atoms with Crippen LogP contribution < -0.4 is 20.3 Å². The molecule has 6 rings (SSSR count). The van der Waals surface area contributed by atoms with Crippen LogP contribution in [0.2, 0.25) is 0 Å². The van der Waals surface area contributed by atoms with Crippen LogP contribution in [-0.4, -0.2) is 52.7 Å². The molecule has 4 N–H and O–H groups in total. The van der Waals surface area contributed by atoms with Gasteiger partial charge < -0.3 is 19.8 Å². The largest absolute Gasteiger partial charge is 0.454 e. The van der Waals surface area contributed by atoms with E-state index in [0.29, 0.717) is 41.7 Å². The van der Waals surface area contributed by atoms with Gasteiger partial charge in [-0.3, -0.25) is 4.90 Å². The number of likely N-dealkylation sites (tertiary alicyclic amines) is 1. The molecule has 4 heterocycles. The molecule has 1 atom stereocenters. The van der Waals surface area contributed by atoms with E-state index in [-0.39, 0.29) is 11.7 Å². The number of imidazole rings is 1. The van der Waals surface area contributed by atoms with Gasteiger partial charge in [0.25, 0.3) is 0 Å². The Morgan fingerprint density at radius 1 is 1.15 bits per heavy atom. The number of nitrogen functional groups attached to an aromatic ring is 1. The Bertz CT molecular complexity index is 1660. The summed E-state index contributed by atoms with van der Waals surface area (Å²) < 4.78 is 37.9. The topological polar surface area (TPSA) is 151 Å². The highest BCUT2D eigenvalue weighted by Crippen LogP contribution is 2.42. The van der Waals surface area contributed by atoms with Crippen LogP contribution in [0.25, 0.3) is 11.2 Å². The van der Waals surface area contributed by atoms with Crippen molar-refractivity contribution in [1.29, 1.82) is 0 Å². The summed E-state index contributed by atoms with van der Waals surface area (Å²) in [7, 11) is -3.74. The first-order valence-corrected chi connectivity index (χ1v) is 15.8. The fraction of sp³-hybridized carbons (Fsp3) is 0.320. The van der Waals surface area contributed by atoms with Crippen molar-refractivity contribution < 1.29 is 17.9 Å². The maximum absolute atomic E-state index is 11.8. The first kappa shape index (κ1) is 26.6. The minimum absolute atomic E-state index is 0.135. The molecule has 2 aromatic heterocycles. The third kappa shape index (κ3) is 5.66. The van der Waals surface area contributed by atoms with Crippen molar-refractivity contribution in [2.45, 2.75) is 40.9 Å². The lowest BCUT2D eigenvalue weighted by molar-refractivity contribution is 0.155. The molecule has 4 aromatic rings. The summed E-state index contributed by atoms with van der Waals surface area (Å²) >= 11 is 3.83. The van der Waals surface area contributed by atoms with Gasteiger partial charge in [0, 0.05) is 28.1 Å². The lowest BCUT2D eigenvalue weighted by Crippen LogP contribution is -2.36. The number of primary sulfonamides is 1. The smallest absolute Gasteiger partial charge is 0.238 e. The maximum Gasteiger partial charge on any atom is 0.238 e. The fourth-order valence-electron chi connectivity index (χ4n) is 5.03. The second-order valence-corrected chi connectivity index (χ2v) is 13.3. The Balaban J connectivity index is 1.25. The highest BCUT2D eigenvalue weighted by molar-refractivity contribution is 14.1. The first-order valence-electron chi connectivity index (χ1n) is 12.3. The number of rotatable bonds is 7. The number of fused-ring (bicyclic) bond motifs is 2. The molecule has 0 unspecified atom stereocenters. The first-order chi connectivity index (χ1) is 18.7. The minimum atomic E-state index is -3.74. The molecule has 2 aromatic carbocycles. The van der Waals surface area contributed by atoms with E-state index in [1.807, 2.05) is 18.2 Å². The van der Waals surface area contributed by atoms with Crippen molar-refractivity contribution >= 4 is 61.4 Å². The van der Waals surface area contributed by atoms with Crippen LogP contribution in [0.1, 0.15) is 18.4 Å². The minimum Gasteiger partial charge on any atom is -0.454 e. The van der Waals surface area contributed by atoms with Gasteiger partial charge in [-0.1, -0.05) is 23.9 Å². The van der Waals surface area contributed by atoms with Gasteiger partial charge in [-0.25, -0.2) is 28.5 Å². The van der Waals surface area contributed by atoms with Crippen LogP contribution in [0, 0.1) is 9.49 Å². The molecule has 2 aliphatic heterocycles. The van der Waals surface area contributed by atoms with Crippen LogP contribution in [-0.2, 0) is 23.1 Å². The van der Waals surface area contributed by atoms with E-state index < -0.39 is 10.0 Å². The summed E-state index contributed by atoms with van der Waals surface area (Å²) in [5.41, 5.74) is 8.40. The monoisotopic (exact) mass is 679 g/mol. The Labute approximate surface area is 243 Å². The lowest BCUT2D eigenvalue weighted by Gasteiger charge is -2.33. The zero-order chi connectivity index (χ0) is 27.1. The molecule has 39 heavy (non-hydrogen) atoms. The molecular weight excluding hydrogens is 653 g/mol. The predicted molar refractivity (Wildman–Crippen MR) is 155 cm³/mol. The third-order valence-electron chi connectivity index (χ3n) is 6.83. The van der Waals surface area contributed by atoms with Crippen LogP contribution >= 0.6 is 34.4 Å². The van der Waals surface area contributed by atoms with Crippen LogP contribution in [0.4, 0.5) is 5.82 Å². The molecule has 2 aliphatic rings. The van der Waals surface area contributed by atoms with Gasteiger partial charge in [0.2, 0.25) is 16.8 Å². The van der Waals surface area contributed by atoms with Crippen molar-refractivity contribution in [2.24, 2.45) is 11.1 Å². The van der Waals surface area contributed by atoms with E-state index in [9.17, 15) is 8.42 Å². The molecular formula is C25H26IN7O4S2. The van der Waals surface area contributed by atoms with Crippen LogP contribution in [0.5, 0.6) is 11.5 Å². The Morgan fingerprint density at radius 3 is 2.79 bits per heavy atom. The molecule has 0 radical (unpaired) electrons. The van der Waals surface area contributed by atoms with Crippen molar-refractivity contribution in [3.63, 3.8) is 0 Å². The zero-order valence-electron chi connectivity index (χ0n) is 20.8. The van der Waals surface area contributed by atoms with Crippen LogP contribution in [0.3, 0.4) is 0 Å². The molecule has 14 heteroatoms. The Hall–Kier alpha value is -2.66. The zero-order valence-corrected chi connectivity index (χ0v) is 24.6. The van der Waals surface area contributed by atoms with Gasteiger partial charge in [-0.15, -0.1) is 0 Å². The normalized spacial score (nSPS) is 17.6. The average Bonchev–Trinajstić information content (AvgIpc) is 3.49. The second-order valence-electron chi connectivity index (χ2n) is 9.61. The standard InChI is InChI=1S/C25H26IN7O4S2/c26-18-8-19-20(37-14-36-19)9-21(18)38-25-31-22-23(27)29-13-30-24(22)33(25)12-16-4-2-6-32(11-16)10-15-3-1-5-17(7-15)39(28,34)35/h1,3,5,7-9,13,16H,2,4,6,10-12,14H2,(H2,27,29,30)(H2,28,34,35)/t16-/m0/s1. The number of nitrogens with two attached hydrogens (primary N) is 2. The van der Waals surface area contributed by atoms with Gasteiger partial charge in [0.15, 0.2) is 33.6 Å². The van der Waals surface area contributed by atoms with Gasteiger partial charge in [0.05, 0.1) is 4.90 Å². The van der Waals surface area contributed by atoms with E-state index in [0.717, 1.165) is 50.9 Å². The van der Waals surface area contributed by atoms with E-state index in [2.05, 4.69) is 42.0 Å². The van der Waals surface area contributed by atoms with Gasteiger partial charge in [-0.05, 0) is 77.7 Å². The molecule has 11 nitrogen and oxygen atoms in total. The van der Waals surface area contributed by atoms with Gasteiger partial charge in [0.1, 0.15) is 6.33 Å². The number of halogens is 1.